The van der Waals surface area contributed by atoms with Crippen LogP contribution in [0.5, 0.6) is 17.2 Å². The highest BCUT2D eigenvalue weighted by molar-refractivity contribution is 5.94. The summed E-state index contributed by atoms with van der Waals surface area (Å²) >= 11 is 0. The van der Waals surface area contributed by atoms with Crippen molar-refractivity contribution in [2.24, 2.45) is 0 Å². The molecule has 0 spiro atoms. The van der Waals surface area contributed by atoms with Gasteiger partial charge in [0.25, 0.3) is 0 Å². The first-order valence-corrected chi connectivity index (χ1v) is 8.96. The van der Waals surface area contributed by atoms with Crippen molar-refractivity contribution in [3.63, 3.8) is 0 Å². The summed E-state index contributed by atoms with van der Waals surface area (Å²) in [7, 11) is 1.20. The molecule has 2 rings (SSSR count). The summed E-state index contributed by atoms with van der Waals surface area (Å²) in [6.45, 7) is 8.50. The topological polar surface area (TPSA) is 105 Å². The lowest BCUT2D eigenvalue weighted by atomic mass is 10.2. The van der Waals surface area contributed by atoms with Gasteiger partial charge < -0.3 is 18.9 Å². The van der Waals surface area contributed by atoms with E-state index in [1.807, 2.05) is 0 Å². The minimum absolute atomic E-state index is 0.0558. The summed E-state index contributed by atoms with van der Waals surface area (Å²) in [6.07, 6.45) is -0.282. The molecule has 2 aromatic rings. The Bertz CT molecular complexity index is 1020. The van der Waals surface area contributed by atoms with Crippen LogP contribution in [-0.4, -0.2) is 31.0 Å². The van der Waals surface area contributed by atoms with Crippen molar-refractivity contribution in [2.75, 3.05) is 7.11 Å². The molecule has 8 heteroatoms. The Morgan fingerprint density at radius 2 is 1.19 bits per heavy atom. The second-order valence-electron chi connectivity index (χ2n) is 6.30. The van der Waals surface area contributed by atoms with Gasteiger partial charge in [0.15, 0.2) is 0 Å². The van der Waals surface area contributed by atoms with Crippen LogP contribution >= 0.6 is 0 Å². The van der Waals surface area contributed by atoms with E-state index in [4.69, 9.17) is 14.2 Å². The molecule has 0 heterocycles. The first-order valence-electron chi connectivity index (χ1n) is 8.96. The molecule has 160 valence electrons. The number of hydrogen-bond acceptors (Lipinski definition) is 8. The maximum Gasteiger partial charge on any atom is 0.343 e. The molecule has 31 heavy (non-hydrogen) atoms. The number of methoxy groups -OCH3 is 1. The molecule has 0 saturated carbocycles. The van der Waals surface area contributed by atoms with Crippen LogP contribution in [0.3, 0.4) is 0 Å². The van der Waals surface area contributed by atoms with Gasteiger partial charge in [0.05, 0.1) is 19.1 Å². The Hall–Kier alpha value is -4.20. The smallest absolute Gasteiger partial charge is 0.343 e. The quantitative estimate of drug-likeness (QED) is 0.361. The zero-order valence-electron chi connectivity index (χ0n) is 17.0. The monoisotopic (exact) mass is 424 g/mol. The number of carbonyl (C=O) groups excluding carboxylic acids is 4. The Labute approximate surface area is 178 Å². The SMILES string of the molecule is C=C(C)C(=O)Oc1ccc(C(=O)Oc2ccc(OC(=O)C(=C)CC(=O)OC)cc2)cc1. The Kier molecular flexibility index (Phi) is 7.85. The van der Waals surface area contributed by atoms with Crippen molar-refractivity contribution in [1.82, 2.24) is 0 Å². The van der Waals surface area contributed by atoms with Gasteiger partial charge in [0.2, 0.25) is 0 Å². The van der Waals surface area contributed by atoms with E-state index in [2.05, 4.69) is 17.9 Å². The highest BCUT2D eigenvalue weighted by atomic mass is 16.5. The standard InChI is InChI=1S/C23H20O8/c1-14(2)21(25)29-17-7-5-16(6-8-17)23(27)31-19-11-9-18(10-12-19)30-22(26)15(3)13-20(24)28-4/h5-12H,1,3,13H2,2,4H3. The summed E-state index contributed by atoms with van der Waals surface area (Å²) in [5, 5.41) is 0. The van der Waals surface area contributed by atoms with Crippen LogP contribution in [0.15, 0.2) is 72.8 Å². The van der Waals surface area contributed by atoms with E-state index >= 15 is 0 Å². The van der Waals surface area contributed by atoms with Crippen molar-refractivity contribution in [1.29, 1.82) is 0 Å². The second kappa shape index (κ2) is 10.5. The van der Waals surface area contributed by atoms with Crippen molar-refractivity contribution >= 4 is 23.9 Å². The molecule has 0 atom stereocenters. The number of esters is 4. The average Bonchev–Trinajstić information content (AvgIpc) is 2.75. The van der Waals surface area contributed by atoms with Crippen LogP contribution in [0.1, 0.15) is 23.7 Å². The third-order valence-corrected chi connectivity index (χ3v) is 3.77. The molecule has 0 bridgehead atoms. The molecule has 0 aliphatic carbocycles. The van der Waals surface area contributed by atoms with Crippen LogP contribution in [-0.2, 0) is 19.1 Å². The number of hydrogen-bond donors (Lipinski definition) is 0. The second-order valence-corrected chi connectivity index (χ2v) is 6.30. The van der Waals surface area contributed by atoms with Crippen molar-refractivity contribution in [2.45, 2.75) is 13.3 Å². The van der Waals surface area contributed by atoms with E-state index in [1.165, 1.54) is 62.6 Å². The molecular formula is C23H20O8. The van der Waals surface area contributed by atoms with E-state index in [0.29, 0.717) is 0 Å². The van der Waals surface area contributed by atoms with Gasteiger partial charge in [-0.25, -0.2) is 14.4 Å². The number of ether oxygens (including phenoxy) is 4. The molecule has 0 N–H and O–H groups in total. The average molecular weight is 424 g/mol. The molecule has 0 aliphatic heterocycles. The fraction of sp³-hybridized carbons (Fsp3) is 0.130. The van der Waals surface area contributed by atoms with Gasteiger partial charge in [-0.3, -0.25) is 4.79 Å². The van der Waals surface area contributed by atoms with Crippen molar-refractivity contribution in [3.05, 3.63) is 78.4 Å². The largest absolute Gasteiger partial charge is 0.469 e. The van der Waals surface area contributed by atoms with Crippen LogP contribution in [0.2, 0.25) is 0 Å². The lowest BCUT2D eigenvalue weighted by Crippen LogP contribution is -2.14. The van der Waals surface area contributed by atoms with Gasteiger partial charge in [0, 0.05) is 11.1 Å². The highest BCUT2D eigenvalue weighted by Crippen LogP contribution is 2.21. The van der Waals surface area contributed by atoms with Gasteiger partial charge in [-0.05, 0) is 55.5 Å². The van der Waals surface area contributed by atoms with Crippen LogP contribution < -0.4 is 14.2 Å². The fourth-order valence-corrected chi connectivity index (χ4v) is 2.09. The van der Waals surface area contributed by atoms with E-state index < -0.39 is 23.9 Å². The molecule has 0 unspecified atom stereocenters. The molecule has 0 amide bonds. The predicted octanol–water partition coefficient (Wildman–Crippen LogP) is 3.41. The minimum Gasteiger partial charge on any atom is -0.469 e. The van der Waals surface area contributed by atoms with Gasteiger partial charge in [-0.1, -0.05) is 13.2 Å². The predicted molar refractivity (Wildman–Crippen MR) is 110 cm³/mol. The Morgan fingerprint density at radius 3 is 1.68 bits per heavy atom. The maximum atomic E-state index is 12.3. The van der Waals surface area contributed by atoms with E-state index in [-0.39, 0.29) is 40.4 Å². The molecule has 2 aromatic carbocycles. The Morgan fingerprint density at radius 1 is 0.742 bits per heavy atom. The normalized spacial score (nSPS) is 9.87. The third-order valence-electron chi connectivity index (χ3n) is 3.77. The minimum atomic E-state index is -0.775. The third kappa shape index (κ3) is 6.97. The zero-order chi connectivity index (χ0) is 23.0. The first kappa shape index (κ1) is 23.1. The molecule has 0 aliphatic rings. The van der Waals surface area contributed by atoms with Crippen molar-refractivity contribution in [3.8, 4) is 17.2 Å². The highest BCUT2D eigenvalue weighted by Gasteiger charge is 2.15. The molecule has 0 aromatic heterocycles. The molecule has 8 nitrogen and oxygen atoms in total. The summed E-state index contributed by atoms with van der Waals surface area (Å²) < 4.78 is 19.9. The fourth-order valence-electron chi connectivity index (χ4n) is 2.09. The number of carbonyl (C=O) groups is 4. The van der Waals surface area contributed by atoms with E-state index in [9.17, 15) is 19.2 Å². The van der Waals surface area contributed by atoms with Gasteiger partial charge in [-0.15, -0.1) is 0 Å². The first-order chi connectivity index (χ1) is 14.7. The lowest BCUT2D eigenvalue weighted by molar-refractivity contribution is -0.141. The molecular weight excluding hydrogens is 404 g/mol. The van der Waals surface area contributed by atoms with Crippen LogP contribution in [0, 0.1) is 0 Å². The Balaban J connectivity index is 1.93. The molecule has 0 radical (unpaired) electrons. The van der Waals surface area contributed by atoms with Crippen LogP contribution in [0.4, 0.5) is 0 Å². The van der Waals surface area contributed by atoms with Gasteiger partial charge >= 0.3 is 23.9 Å². The van der Waals surface area contributed by atoms with E-state index in [1.54, 1.807) is 0 Å². The summed E-state index contributed by atoms with van der Waals surface area (Å²) in [6, 6.07) is 11.5. The van der Waals surface area contributed by atoms with E-state index in [0.717, 1.165) is 0 Å². The summed E-state index contributed by atoms with van der Waals surface area (Å²) in [4.78, 5) is 46.8. The lowest BCUT2D eigenvalue weighted by Gasteiger charge is -2.08. The maximum absolute atomic E-state index is 12.3. The number of rotatable bonds is 8. The van der Waals surface area contributed by atoms with Crippen molar-refractivity contribution < 1.29 is 38.1 Å². The summed E-state index contributed by atoms with van der Waals surface area (Å²) in [5.41, 5.74) is 0.440. The zero-order valence-corrected chi connectivity index (χ0v) is 17.0. The molecule has 0 saturated heterocycles. The summed E-state index contributed by atoms with van der Waals surface area (Å²) in [5.74, 6) is -1.91. The number of benzene rings is 2. The van der Waals surface area contributed by atoms with Crippen LogP contribution in [0.25, 0.3) is 0 Å². The van der Waals surface area contributed by atoms with Gasteiger partial charge in [-0.2, -0.15) is 0 Å². The molecule has 0 fully saturated rings. The van der Waals surface area contributed by atoms with Gasteiger partial charge in [0.1, 0.15) is 17.2 Å².